The Morgan fingerprint density at radius 2 is 1.55 bits per heavy atom. The van der Waals surface area contributed by atoms with Crippen molar-refractivity contribution in [1.82, 2.24) is 19.5 Å². The first-order valence-electron chi connectivity index (χ1n) is 18.8. The molecule has 0 unspecified atom stereocenters. The van der Waals surface area contributed by atoms with E-state index >= 15 is 0 Å². The molecule has 1 radical (unpaired) electrons. The van der Waals surface area contributed by atoms with Gasteiger partial charge in [0, 0.05) is 44.4 Å². The Hall–Kier alpha value is -5.46. The first-order valence-corrected chi connectivity index (χ1v) is 21.8. The van der Waals surface area contributed by atoms with Gasteiger partial charge in [-0.3, -0.25) is 4.98 Å². The van der Waals surface area contributed by atoms with Gasteiger partial charge in [-0.1, -0.05) is 117 Å². The number of hydrogen-bond acceptors (Lipinski definition) is 4. The van der Waals surface area contributed by atoms with Crippen molar-refractivity contribution in [3.05, 3.63) is 163 Å². The van der Waals surface area contributed by atoms with Crippen LogP contribution in [0, 0.1) is 19.1 Å². The molecular formula is C48H42IrN4OSi-2. The number of hydrogen-bond donors (Lipinski definition) is 0. The van der Waals surface area contributed by atoms with E-state index in [1.165, 1.54) is 10.8 Å². The van der Waals surface area contributed by atoms with E-state index in [1.54, 1.807) is 0 Å². The van der Waals surface area contributed by atoms with Crippen molar-refractivity contribution >= 4 is 46.4 Å². The molecule has 0 amide bonds. The van der Waals surface area contributed by atoms with Crippen LogP contribution in [-0.2, 0) is 20.1 Å². The first kappa shape index (κ1) is 36.5. The van der Waals surface area contributed by atoms with Gasteiger partial charge in [0.05, 0.1) is 30.5 Å². The van der Waals surface area contributed by atoms with Crippen LogP contribution >= 0.6 is 0 Å². The van der Waals surface area contributed by atoms with Crippen molar-refractivity contribution in [2.45, 2.75) is 46.3 Å². The molecule has 55 heavy (non-hydrogen) atoms. The van der Waals surface area contributed by atoms with Crippen molar-refractivity contribution < 1.29 is 25.9 Å². The molecule has 0 saturated carbocycles. The number of aromatic nitrogens is 4. The molecule has 0 N–H and O–H groups in total. The minimum absolute atomic E-state index is 0. The topological polar surface area (TPSA) is 56.7 Å². The zero-order valence-corrected chi connectivity index (χ0v) is 35.2. The predicted molar refractivity (Wildman–Crippen MR) is 226 cm³/mol. The molecule has 5 aromatic carbocycles. The molecule has 5 nitrogen and oxygen atoms in total. The molecule has 0 fully saturated rings. The molecule has 0 bridgehead atoms. The second kappa shape index (κ2) is 15.7. The van der Waals surface area contributed by atoms with E-state index in [0.717, 1.165) is 72.5 Å². The minimum atomic E-state index is -1.29. The molecule has 9 rings (SSSR count). The van der Waals surface area contributed by atoms with Gasteiger partial charge >= 0.3 is 0 Å². The first-order chi connectivity index (χ1) is 26.4. The van der Waals surface area contributed by atoms with Gasteiger partial charge in [0.2, 0.25) is 5.71 Å². The van der Waals surface area contributed by atoms with Crippen LogP contribution in [0.25, 0.3) is 72.6 Å². The summed E-state index contributed by atoms with van der Waals surface area (Å²) in [4.78, 5) is 14.2. The summed E-state index contributed by atoms with van der Waals surface area (Å²) in [5.41, 5.74) is 11.3. The molecule has 4 aromatic heterocycles. The van der Waals surface area contributed by atoms with Crippen molar-refractivity contribution in [2.24, 2.45) is 0 Å². The van der Waals surface area contributed by atoms with Gasteiger partial charge in [-0.25, -0.2) is 4.98 Å². The smallest absolute Gasteiger partial charge is 0.216 e. The summed E-state index contributed by atoms with van der Waals surface area (Å²) in [5.74, 6) is 0.210. The minimum Gasteiger partial charge on any atom is -0.486 e. The van der Waals surface area contributed by atoms with E-state index in [-0.39, 0.29) is 20.1 Å². The van der Waals surface area contributed by atoms with E-state index in [4.69, 9.17) is 10.8 Å². The van der Waals surface area contributed by atoms with Crippen LogP contribution in [0.3, 0.4) is 0 Å². The van der Waals surface area contributed by atoms with Gasteiger partial charge in [-0.15, -0.1) is 53.6 Å². The van der Waals surface area contributed by atoms with Crippen molar-refractivity contribution in [3.63, 3.8) is 0 Å². The van der Waals surface area contributed by atoms with Crippen LogP contribution in [0.5, 0.6) is 0 Å². The molecule has 0 atom stereocenters. The third-order valence-electron chi connectivity index (χ3n) is 9.73. The molecule has 7 heteroatoms. The molecule has 0 aliphatic rings. The summed E-state index contributed by atoms with van der Waals surface area (Å²) >= 11 is 0. The largest absolute Gasteiger partial charge is 0.486 e. The van der Waals surface area contributed by atoms with Gasteiger partial charge in [-0.05, 0) is 65.3 Å². The van der Waals surface area contributed by atoms with Crippen molar-refractivity contribution in [3.8, 4) is 39.5 Å². The number of imidazole rings is 1. The summed E-state index contributed by atoms with van der Waals surface area (Å²) in [6.45, 7) is 12.7. The Labute approximate surface area is 338 Å². The Morgan fingerprint density at radius 3 is 2.27 bits per heavy atom. The van der Waals surface area contributed by atoms with E-state index in [9.17, 15) is 0 Å². The Kier molecular flexibility index (Phi) is 10.4. The van der Waals surface area contributed by atoms with Crippen LogP contribution in [-0.4, -0.2) is 27.6 Å². The maximum atomic E-state index is 8.01. The van der Waals surface area contributed by atoms with Crippen LogP contribution in [0.15, 0.2) is 144 Å². The molecule has 0 saturated heterocycles. The molecule has 0 spiro atoms. The summed E-state index contributed by atoms with van der Waals surface area (Å²) in [6, 6.07) is 52.0. The zero-order valence-electron chi connectivity index (χ0n) is 32.8. The summed E-state index contributed by atoms with van der Waals surface area (Å²) in [6.07, 6.45) is 2.00. The van der Waals surface area contributed by atoms with Crippen LogP contribution < -0.4 is 5.19 Å². The average molecular weight is 912 g/mol. The molecular weight excluding hydrogens is 869 g/mol. The zero-order chi connectivity index (χ0) is 38.3. The molecule has 0 aliphatic heterocycles. The predicted octanol–water partition coefficient (Wildman–Crippen LogP) is 12.0. The van der Waals surface area contributed by atoms with Crippen molar-refractivity contribution in [1.29, 1.82) is 0 Å². The summed E-state index contributed by atoms with van der Waals surface area (Å²) in [5, 5.41) is 3.37. The van der Waals surface area contributed by atoms with Crippen LogP contribution in [0.1, 0.15) is 32.4 Å². The SMILES string of the molecule is Cc1ccc2c(n1)oc1c(-c3nc4ccccc4n3-c3cccc(-c4ccccc4)c3)[c-]ccc12.[2H]C(C)(C)c1c[c-]c(-c2ccc([Si](C)(C)C)cn2)cc1.[Ir]. The number of fused-ring (bicyclic) bond motifs is 4. The van der Waals surface area contributed by atoms with Crippen molar-refractivity contribution in [2.75, 3.05) is 0 Å². The third-order valence-corrected chi connectivity index (χ3v) is 11.8. The standard InChI is InChI=1S/C31H20N3O.C17H22NSi.Ir/c1-20-17-18-25-24-13-8-14-26(29(24)35-31(25)32-20)30-33-27-15-5-6-16-28(27)34(30)23-12-7-11-22(19-23)21-9-3-2-4-10-21;1-13(2)14-6-8-15(9-7-14)17-11-10-16(12-18-17)19(3,4)5;/h2-13,15-19H,1H3;6-8,10-13H,1-5H3;/q2*-1;/i;13D;. The van der Waals surface area contributed by atoms with Gasteiger partial charge in [0.1, 0.15) is 0 Å². The number of aryl methyl sites for hydroxylation is 1. The summed E-state index contributed by atoms with van der Waals surface area (Å²) < 4.78 is 16.5. The maximum Gasteiger partial charge on any atom is 0.216 e. The number of furan rings is 1. The average Bonchev–Trinajstić information content (AvgIpc) is 3.76. The van der Waals surface area contributed by atoms with Crippen LogP contribution in [0.4, 0.5) is 0 Å². The quantitative estimate of drug-likeness (QED) is 0.123. The number of pyridine rings is 2. The maximum absolute atomic E-state index is 8.01. The van der Waals surface area contributed by atoms with Gasteiger partial charge in [0.15, 0.2) is 0 Å². The number of benzene rings is 5. The van der Waals surface area contributed by atoms with E-state index in [1.807, 2.05) is 87.6 Å². The Balaban J connectivity index is 0.000000197. The Bertz CT molecular complexity index is 2730. The van der Waals surface area contributed by atoms with E-state index < -0.39 is 14.0 Å². The van der Waals surface area contributed by atoms with E-state index in [0.29, 0.717) is 5.71 Å². The number of rotatable bonds is 6. The monoisotopic (exact) mass is 912 g/mol. The number of nitrogens with zero attached hydrogens (tertiary/aromatic N) is 4. The number of para-hydroxylation sites is 2. The second-order valence-corrected chi connectivity index (χ2v) is 19.9. The second-order valence-electron chi connectivity index (χ2n) is 14.9. The molecule has 9 aromatic rings. The molecule has 4 heterocycles. The normalized spacial score (nSPS) is 11.9. The molecule has 275 valence electrons. The van der Waals surface area contributed by atoms with E-state index in [2.05, 4.69) is 119 Å². The fraction of sp³-hybridized carbons (Fsp3) is 0.146. The fourth-order valence-corrected chi connectivity index (χ4v) is 7.72. The van der Waals surface area contributed by atoms with Gasteiger partial charge in [0.25, 0.3) is 0 Å². The van der Waals surface area contributed by atoms with Gasteiger partial charge in [-0.2, -0.15) is 0 Å². The Morgan fingerprint density at radius 1 is 0.764 bits per heavy atom. The summed E-state index contributed by atoms with van der Waals surface area (Å²) in [7, 11) is -1.29. The van der Waals surface area contributed by atoms with Gasteiger partial charge < -0.3 is 14.0 Å². The molecule has 0 aliphatic carbocycles. The third kappa shape index (κ3) is 7.74. The van der Waals surface area contributed by atoms with Crippen LogP contribution in [0.2, 0.25) is 19.6 Å². The fourth-order valence-electron chi connectivity index (χ4n) is 6.68.